The van der Waals surface area contributed by atoms with E-state index in [4.69, 9.17) is 75.8 Å². The van der Waals surface area contributed by atoms with E-state index in [9.17, 15) is 0 Å². The first-order chi connectivity index (χ1) is 22.3. The molecular weight excluding hydrogens is 616 g/mol. The highest BCUT2D eigenvalue weighted by molar-refractivity contribution is 4.97. The van der Waals surface area contributed by atoms with Crippen LogP contribution in [-0.2, 0) is 75.8 Å². The fourth-order valence-corrected chi connectivity index (χ4v) is 6.23. The summed E-state index contributed by atoms with van der Waals surface area (Å²) in [6.45, 7) is 0.755. The van der Waals surface area contributed by atoms with Crippen LogP contribution in [0.3, 0.4) is 0 Å². The Kier molecular flexibility index (Phi) is 20.0. The third kappa shape index (κ3) is 10.2. The van der Waals surface area contributed by atoms with Crippen molar-refractivity contribution in [2.24, 2.45) is 0 Å². The maximum Gasteiger partial charge on any atom is 0.187 e. The highest BCUT2D eigenvalue weighted by Crippen LogP contribution is 2.35. The molecule has 2 heterocycles. The Hall–Kier alpha value is -0.640. The van der Waals surface area contributed by atoms with E-state index in [0.29, 0.717) is 0 Å². The van der Waals surface area contributed by atoms with Crippen molar-refractivity contribution in [2.45, 2.75) is 85.8 Å². The van der Waals surface area contributed by atoms with Crippen LogP contribution in [0.5, 0.6) is 0 Å². The third-order valence-corrected chi connectivity index (χ3v) is 8.37. The minimum Gasteiger partial charge on any atom is -0.382 e. The van der Waals surface area contributed by atoms with E-state index in [1.165, 1.54) is 0 Å². The average Bonchev–Trinajstić information content (AvgIpc) is 3.06. The first-order valence-corrected chi connectivity index (χ1v) is 15.1. The van der Waals surface area contributed by atoms with Crippen molar-refractivity contribution < 1.29 is 75.8 Å². The second-order valence-electron chi connectivity index (χ2n) is 10.9. The van der Waals surface area contributed by atoms with E-state index in [-0.39, 0.29) is 26.4 Å². The molecule has 0 unspecified atom stereocenters. The van der Waals surface area contributed by atoms with Gasteiger partial charge in [0.2, 0.25) is 0 Å². The topological polar surface area (TPSA) is 148 Å². The van der Waals surface area contributed by atoms with Crippen LogP contribution in [0.1, 0.15) is 0 Å². The molecule has 0 N–H and O–H groups in total. The van der Waals surface area contributed by atoms with E-state index in [1.807, 2.05) is 0 Å². The van der Waals surface area contributed by atoms with Crippen LogP contribution in [0.4, 0.5) is 0 Å². The molecule has 16 heteroatoms. The van der Waals surface area contributed by atoms with Crippen molar-refractivity contribution in [1.82, 2.24) is 0 Å². The Morgan fingerprint density at radius 1 is 0.435 bits per heavy atom. The number of hydrogen-bond acceptors (Lipinski definition) is 16. The molecule has 0 aromatic carbocycles. The predicted octanol–water partition coefficient (Wildman–Crippen LogP) is -0.0878. The van der Waals surface area contributed by atoms with Crippen molar-refractivity contribution in [1.29, 1.82) is 0 Å². The standard InChI is InChI=1S/C30H58O16/c1-31-13-17(35-5)21(36-6)22(37-7)18(14-32-2)44-30-28(26(41-11)24(39-9)20(45-30)16-34-4)46-29-27(42-12)25(40-10)23(38-8)19(43-29)15-33-3/h17-30H,13-16H2,1-12H3/t17-,18+,19-,20-,21-,22-,23-,24-,25+,26+,27-,28-,29+,30+/m1/s1. The SMILES string of the molecule is COC[C@H](O[C@H]1O[C@H](COC)[C@@H](OC)[C@H](OC)[C@H]1O[C@@H]1O[C@H](COC)[C@@H](OC)[C@H](OC)[C@H]1OC)[C@@H](OC)[C@H](OC)[C@@H](COC)OC. The first-order valence-electron chi connectivity index (χ1n) is 15.1. The Bertz CT molecular complexity index is 781. The molecule has 46 heavy (non-hydrogen) atoms. The van der Waals surface area contributed by atoms with E-state index >= 15 is 0 Å². The van der Waals surface area contributed by atoms with Crippen molar-refractivity contribution in [3.63, 3.8) is 0 Å². The van der Waals surface area contributed by atoms with Gasteiger partial charge in [-0.15, -0.1) is 0 Å². The average molecular weight is 675 g/mol. The van der Waals surface area contributed by atoms with Gasteiger partial charge in [0.1, 0.15) is 73.2 Å². The summed E-state index contributed by atoms with van der Waals surface area (Å²) < 4.78 is 94.9. The summed E-state index contributed by atoms with van der Waals surface area (Å²) in [5.74, 6) is 0. The summed E-state index contributed by atoms with van der Waals surface area (Å²) in [5, 5.41) is 0. The molecule has 0 aromatic heterocycles. The second kappa shape index (κ2) is 22.2. The van der Waals surface area contributed by atoms with Crippen molar-refractivity contribution in [3.8, 4) is 0 Å². The lowest BCUT2D eigenvalue weighted by Gasteiger charge is -2.50. The zero-order chi connectivity index (χ0) is 34.2. The fraction of sp³-hybridized carbons (Fsp3) is 1.00. The molecule has 2 aliphatic rings. The van der Waals surface area contributed by atoms with Gasteiger partial charge in [-0.2, -0.15) is 0 Å². The fourth-order valence-electron chi connectivity index (χ4n) is 6.23. The number of ether oxygens (including phenoxy) is 16. The normalized spacial score (nSPS) is 34.7. The highest BCUT2D eigenvalue weighted by Gasteiger charge is 2.54. The minimum atomic E-state index is -1.07. The van der Waals surface area contributed by atoms with Gasteiger partial charge >= 0.3 is 0 Å². The lowest BCUT2D eigenvalue weighted by Crippen LogP contribution is -2.66. The number of methoxy groups -OCH3 is 12. The summed E-state index contributed by atoms with van der Waals surface area (Å²) in [6, 6.07) is 0. The van der Waals surface area contributed by atoms with Gasteiger partial charge in [-0.1, -0.05) is 0 Å². The van der Waals surface area contributed by atoms with E-state index in [0.717, 1.165) is 0 Å². The van der Waals surface area contributed by atoms with Crippen molar-refractivity contribution in [3.05, 3.63) is 0 Å². The predicted molar refractivity (Wildman–Crippen MR) is 161 cm³/mol. The molecular formula is C30H58O16. The van der Waals surface area contributed by atoms with E-state index in [2.05, 4.69) is 0 Å². The van der Waals surface area contributed by atoms with Crippen LogP contribution in [0.25, 0.3) is 0 Å². The molecule has 0 amide bonds. The minimum absolute atomic E-state index is 0.104. The first kappa shape index (κ1) is 41.5. The van der Waals surface area contributed by atoms with Gasteiger partial charge in [-0.05, 0) is 0 Å². The van der Waals surface area contributed by atoms with Crippen LogP contribution in [0.2, 0.25) is 0 Å². The van der Waals surface area contributed by atoms with Gasteiger partial charge in [-0.3, -0.25) is 0 Å². The Morgan fingerprint density at radius 3 is 1.28 bits per heavy atom. The van der Waals surface area contributed by atoms with Crippen LogP contribution in [-0.4, -0.2) is 198 Å². The zero-order valence-corrected chi connectivity index (χ0v) is 29.4. The molecule has 2 fully saturated rings. The molecule has 14 atom stereocenters. The van der Waals surface area contributed by atoms with Gasteiger partial charge in [0.05, 0.1) is 26.4 Å². The molecule has 0 aromatic rings. The van der Waals surface area contributed by atoms with Crippen molar-refractivity contribution in [2.75, 3.05) is 112 Å². The smallest absolute Gasteiger partial charge is 0.187 e. The Morgan fingerprint density at radius 2 is 0.870 bits per heavy atom. The molecule has 2 aliphatic heterocycles. The summed E-state index contributed by atoms with van der Waals surface area (Å²) in [7, 11) is 18.8. The molecule has 274 valence electrons. The Balaban J connectivity index is 2.56. The molecule has 0 aliphatic carbocycles. The Labute approximate surface area is 273 Å². The number of hydrogen-bond donors (Lipinski definition) is 0. The van der Waals surface area contributed by atoms with Crippen LogP contribution in [0, 0.1) is 0 Å². The molecule has 2 saturated heterocycles. The molecule has 0 spiro atoms. The highest BCUT2D eigenvalue weighted by atomic mass is 16.8. The lowest BCUT2D eigenvalue weighted by atomic mass is 9.96. The van der Waals surface area contributed by atoms with Crippen molar-refractivity contribution >= 4 is 0 Å². The van der Waals surface area contributed by atoms with E-state index in [1.54, 1.807) is 85.3 Å². The molecule has 2 rings (SSSR count). The van der Waals surface area contributed by atoms with Crippen LogP contribution in [0.15, 0.2) is 0 Å². The lowest BCUT2D eigenvalue weighted by molar-refractivity contribution is -0.382. The monoisotopic (exact) mass is 674 g/mol. The maximum absolute atomic E-state index is 6.71. The van der Waals surface area contributed by atoms with Gasteiger partial charge in [0.25, 0.3) is 0 Å². The maximum atomic E-state index is 6.71. The van der Waals surface area contributed by atoms with Gasteiger partial charge in [0, 0.05) is 85.3 Å². The van der Waals surface area contributed by atoms with Gasteiger partial charge in [-0.25, -0.2) is 0 Å². The number of rotatable bonds is 23. The molecule has 0 radical (unpaired) electrons. The van der Waals surface area contributed by atoms with Crippen LogP contribution < -0.4 is 0 Å². The summed E-state index contributed by atoms with van der Waals surface area (Å²) >= 11 is 0. The summed E-state index contributed by atoms with van der Waals surface area (Å²) in [4.78, 5) is 0. The molecule has 0 bridgehead atoms. The van der Waals surface area contributed by atoms with E-state index < -0.39 is 85.8 Å². The largest absolute Gasteiger partial charge is 0.382 e. The summed E-state index contributed by atoms with van der Waals surface area (Å²) in [6.07, 6.45) is -9.76. The van der Waals surface area contributed by atoms with Crippen LogP contribution >= 0.6 is 0 Å². The molecule has 0 saturated carbocycles. The second-order valence-corrected chi connectivity index (χ2v) is 10.9. The molecule has 16 nitrogen and oxygen atoms in total. The third-order valence-electron chi connectivity index (χ3n) is 8.37. The van der Waals surface area contributed by atoms with Gasteiger partial charge in [0.15, 0.2) is 12.6 Å². The summed E-state index contributed by atoms with van der Waals surface area (Å²) in [5.41, 5.74) is 0. The quantitative estimate of drug-likeness (QED) is 0.142. The zero-order valence-electron chi connectivity index (χ0n) is 29.4. The van der Waals surface area contributed by atoms with Gasteiger partial charge < -0.3 is 75.8 Å².